The van der Waals surface area contributed by atoms with Crippen LogP contribution in [0.1, 0.15) is 56.5 Å². The van der Waals surface area contributed by atoms with Crippen molar-refractivity contribution in [3.8, 4) is 34.4 Å². The molecule has 0 spiro atoms. The van der Waals surface area contributed by atoms with Crippen LogP contribution in [0.5, 0.6) is 0 Å². The molecule has 0 amide bonds. The molecule has 1 aromatic carbocycles. The predicted molar refractivity (Wildman–Crippen MR) is 144 cm³/mol. The van der Waals surface area contributed by atoms with Gasteiger partial charge in [-0.1, -0.05) is 37.6 Å². The van der Waals surface area contributed by atoms with Crippen LogP contribution in [-0.2, 0) is 13.0 Å². The Morgan fingerprint density at radius 2 is 1.92 bits per heavy atom. The Labute approximate surface area is 220 Å². The first-order valence-corrected chi connectivity index (χ1v) is 12.7. The number of pyridine rings is 1. The second kappa shape index (κ2) is 10.7. The summed E-state index contributed by atoms with van der Waals surface area (Å²) in [5.74, 6) is 1.16. The zero-order valence-corrected chi connectivity index (χ0v) is 21.7. The van der Waals surface area contributed by atoms with Gasteiger partial charge in [-0.3, -0.25) is 14.1 Å². The van der Waals surface area contributed by atoms with Gasteiger partial charge < -0.3 is 4.57 Å². The highest BCUT2D eigenvalue weighted by molar-refractivity contribution is 5.81. The zero-order chi connectivity index (χ0) is 26.6. The molecule has 0 unspecified atom stereocenters. The molecule has 38 heavy (non-hydrogen) atoms. The zero-order valence-electron chi connectivity index (χ0n) is 21.7. The minimum Gasteiger partial charge on any atom is -0.330 e. The fourth-order valence-electron chi connectivity index (χ4n) is 4.79. The highest BCUT2D eigenvalue weighted by Crippen LogP contribution is 2.32. The van der Waals surface area contributed by atoms with E-state index in [0.29, 0.717) is 23.8 Å². The van der Waals surface area contributed by atoms with Gasteiger partial charge in [0.25, 0.3) is 0 Å². The fraction of sp³-hybridized carbons (Fsp3) is 0.286. The van der Waals surface area contributed by atoms with Crippen molar-refractivity contribution < 1.29 is 0 Å². The van der Waals surface area contributed by atoms with Gasteiger partial charge >= 0.3 is 5.69 Å². The van der Waals surface area contributed by atoms with Gasteiger partial charge in [0, 0.05) is 42.1 Å². The standard InChI is InChI=1S/C28H29N9O/c1-4-5-8-22-18-37(27-20(15-29)12-14-35(27)19(2)3)28(38)36(22)17-21-16-30-13-11-23(21)24-9-6-7-10-25(24)26-31-33-34-32-26/h6-7,9-14,16,18-19H,4-5,8,17H2,1-3H3,(H,31,32,33,34). The summed E-state index contributed by atoms with van der Waals surface area (Å²) in [4.78, 5) is 18.3. The van der Waals surface area contributed by atoms with Gasteiger partial charge in [0.2, 0.25) is 0 Å². The lowest BCUT2D eigenvalue weighted by Gasteiger charge is -2.14. The third kappa shape index (κ3) is 4.54. The molecule has 0 radical (unpaired) electrons. The number of benzene rings is 1. The van der Waals surface area contributed by atoms with E-state index >= 15 is 0 Å². The van der Waals surface area contributed by atoms with E-state index < -0.39 is 0 Å². The summed E-state index contributed by atoms with van der Waals surface area (Å²) in [5, 5.41) is 24.2. The summed E-state index contributed by atoms with van der Waals surface area (Å²) in [7, 11) is 0. The summed E-state index contributed by atoms with van der Waals surface area (Å²) < 4.78 is 5.38. The van der Waals surface area contributed by atoms with Crippen LogP contribution in [-0.4, -0.2) is 39.3 Å². The maximum Gasteiger partial charge on any atom is 0.334 e. The van der Waals surface area contributed by atoms with Crippen LogP contribution < -0.4 is 5.69 Å². The molecule has 0 saturated heterocycles. The molecule has 10 nitrogen and oxygen atoms in total. The molecule has 0 bridgehead atoms. The molecule has 0 atom stereocenters. The number of nitriles is 1. The predicted octanol–water partition coefficient (Wildman–Crippen LogP) is 4.53. The van der Waals surface area contributed by atoms with Gasteiger partial charge in [0.15, 0.2) is 5.82 Å². The van der Waals surface area contributed by atoms with Crippen molar-refractivity contribution in [2.75, 3.05) is 0 Å². The van der Waals surface area contributed by atoms with E-state index in [4.69, 9.17) is 0 Å². The summed E-state index contributed by atoms with van der Waals surface area (Å²) in [5.41, 5.74) is 4.83. The average Bonchev–Trinajstić information content (AvgIpc) is 3.68. The number of hydrogen-bond acceptors (Lipinski definition) is 6. The van der Waals surface area contributed by atoms with Gasteiger partial charge in [-0.25, -0.2) is 9.89 Å². The van der Waals surface area contributed by atoms with Crippen LogP contribution in [0, 0.1) is 11.3 Å². The smallest absolute Gasteiger partial charge is 0.330 e. The topological polar surface area (TPSA) is 123 Å². The Hall–Kier alpha value is -4.78. The van der Waals surface area contributed by atoms with Crippen LogP contribution in [0.25, 0.3) is 28.3 Å². The maximum atomic E-state index is 14.0. The first-order valence-electron chi connectivity index (χ1n) is 12.7. The quantitative estimate of drug-likeness (QED) is 0.313. The SMILES string of the molecule is CCCCc1cn(-c2c(C#N)ccn2C(C)C)c(=O)n1Cc1cnccc1-c1ccccc1-c1nnn[nH]1. The molecule has 5 aromatic rings. The second-order valence-electron chi connectivity index (χ2n) is 9.46. The highest BCUT2D eigenvalue weighted by atomic mass is 16.1. The number of aryl methyl sites for hydroxylation is 1. The molecular weight excluding hydrogens is 478 g/mol. The molecule has 192 valence electrons. The molecule has 0 aliphatic rings. The van der Waals surface area contributed by atoms with Crippen molar-refractivity contribution in [1.82, 2.24) is 39.3 Å². The molecule has 0 saturated carbocycles. The van der Waals surface area contributed by atoms with Gasteiger partial charge in [-0.2, -0.15) is 5.26 Å². The molecule has 1 N–H and O–H groups in total. The van der Waals surface area contributed by atoms with Crippen LogP contribution in [0.4, 0.5) is 0 Å². The third-order valence-electron chi connectivity index (χ3n) is 6.69. The van der Waals surface area contributed by atoms with E-state index in [1.54, 1.807) is 27.6 Å². The van der Waals surface area contributed by atoms with Crippen LogP contribution in [0.2, 0.25) is 0 Å². The number of H-pyrrole nitrogens is 1. The maximum absolute atomic E-state index is 14.0. The monoisotopic (exact) mass is 507 g/mol. The summed E-state index contributed by atoms with van der Waals surface area (Å²) in [6.07, 6.45) is 9.99. The Balaban J connectivity index is 1.64. The van der Waals surface area contributed by atoms with Crippen LogP contribution in [0.15, 0.2) is 66.0 Å². The molecule has 0 aliphatic heterocycles. The van der Waals surface area contributed by atoms with Crippen LogP contribution in [0.3, 0.4) is 0 Å². The van der Waals surface area contributed by atoms with Gasteiger partial charge in [-0.05, 0) is 65.9 Å². The van der Waals surface area contributed by atoms with Crippen molar-refractivity contribution in [3.63, 3.8) is 0 Å². The highest BCUT2D eigenvalue weighted by Gasteiger charge is 2.21. The van der Waals surface area contributed by atoms with Crippen molar-refractivity contribution in [2.45, 2.75) is 52.6 Å². The largest absolute Gasteiger partial charge is 0.334 e. The van der Waals surface area contributed by atoms with E-state index in [1.165, 1.54) is 0 Å². The number of unbranched alkanes of at least 4 members (excludes halogenated alkanes) is 1. The van der Waals surface area contributed by atoms with Crippen molar-refractivity contribution in [2.24, 2.45) is 0 Å². The van der Waals surface area contributed by atoms with Crippen molar-refractivity contribution >= 4 is 0 Å². The Bertz CT molecular complexity index is 1650. The number of rotatable bonds is 9. The van der Waals surface area contributed by atoms with E-state index in [-0.39, 0.29) is 11.7 Å². The Morgan fingerprint density at radius 3 is 2.63 bits per heavy atom. The van der Waals surface area contributed by atoms with Crippen LogP contribution >= 0.6 is 0 Å². The summed E-state index contributed by atoms with van der Waals surface area (Å²) in [6, 6.07) is 13.9. The Kier molecular flexibility index (Phi) is 7.00. The molecule has 10 heteroatoms. The lowest BCUT2D eigenvalue weighted by atomic mass is 9.96. The first-order chi connectivity index (χ1) is 18.5. The van der Waals surface area contributed by atoms with Gasteiger partial charge in [0.1, 0.15) is 11.9 Å². The average molecular weight is 508 g/mol. The van der Waals surface area contributed by atoms with Gasteiger partial charge in [-0.15, -0.1) is 5.10 Å². The molecule has 5 rings (SSSR count). The molecule has 0 fully saturated rings. The number of aromatic nitrogens is 8. The number of imidazole rings is 1. The molecular formula is C28H29N9O. The summed E-state index contributed by atoms with van der Waals surface area (Å²) in [6.45, 7) is 6.54. The van der Waals surface area contributed by atoms with Crippen molar-refractivity contribution in [3.05, 3.63) is 88.5 Å². The second-order valence-corrected chi connectivity index (χ2v) is 9.46. The third-order valence-corrected chi connectivity index (χ3v) is 6.69. The lowest BCUT2D eigenvalue weighted by molar-refractivity contribution is 0.583. The number of nitrogens with zero attached hydrogens (tertiary/aromatic N) is 8. The van der Waals surface area contributed by atoms with Crippen molar-refractivity contribution in [1.29, 1.82) is 5.26 Å². The van der Waals surface area contributed by atoms with E-state index in [2.05, 4.69) is 38.6 Å². The normalized spacial score (nSPS) is 11.2. The number of aromatic amines is 1. The number of nitrogens with one attached hydrogen (secondary N) is 1. The van der Waals surface area contributed by atoms with E-state index in [0.717, 1.165) is 47.2 Å². The first kappa shape index (κ1) is 24.9. The lowest BCUT2D eigenvalue weighted by Crippen LogP contribution is -2.27. The molecule has 4 heterocycles. The Morgan fingerprint density at radius 1 is 1.11 bits per heavy atom. The fourth-order valence-corrected chi connectivity index (χ4v) is 4.79. The molecule has 4 aromatic heterocycles. The minimum absolute atomic E-state index is 0.0912. The summed E-state index contributed by atoms with van der Waals surface area (Å²) >= 11 is 0. The number of tetrazole rings is 1. The minimum atomic E-state index is -0.185. The van der Waals surface area contributed by atoms with E-state index in [1.807, 2.05) is 61.1 Å². The molecule has 0 aliphatic carbocycles. The van der Waals surface area contributed by atoms with Gasteiger partial charge in [0.05, 0.1) is 12.1 Å². The van der Waals surface area contributed by atoms with E-state index in [9.17, 15) is 10.1 Å². The number of hydrogen-bond donors (Lipinski definition) is 1.